The predicted molar refractivity (Wildman–Crippen MR) is 84.8 cm³/mol. The van der Waals surface area contributed by atoms with Crippen molar-refractivity contribution in [2.45, 2.75) is 20.4 Å². The molecule has 1 aromatic carbocycles. The molecular weight excluding hydrogens is 284 g/mol. The first-order valence-corrected chi connectivity index (χ1v) is 7.67. The van der Waals surface area contributed by atoms with Crippen molar-refractivity contribution in [3.05, 3.63) is 41.3 Å². The number of carboxylic acid groups (broad SMARTS) is 1. The molecule has 5 heteroatoms. The summed E-state index contributed by atoms with van der Waals surface area (Å²) in [6, 6.07) is 11.6. The molecule has 1 N–H and O–H groups in total. The molecule has 0 amide bonds. The van der Waals surface area contributed by atoms with Crippen LogP contribution in [0.2, 0.25) is 0 Å². The highest BCUT2D eigenvalue weighted by Crippen LogP contribution is 2.34. The average Bonchev–Trinajstić information content (AvgIpc) is 3.00. The number of benzene rings is 1. The number of thiophene rings is 1. The van der Waals surface area contributed by atoms with E-state index < -0.39 is 5.97 Å². The first-order chi connectivity index (χ1) is 10.1. The minimum Gasteiger partial charge on any atom is -0.477 e. The molecule has 0 spiro atoms. The van der Waals surface area contributed by atoms with Gasteiger partial charge in [-0.15, -0.1) is 11.3 Å². The highest BCUT2D eigenvalue weighted by molar-refractivity contribution is 7.20. The van der Waals surface area contributed by atoms with Crippen LogP contribution in [0.3, 0.4) is 0 Å². The zero-order chi connectivity index (χ0) is 15.0. The van der Waals surface area contributed by atoms with Gasteiger partial charge in [0.15, 0.2) is 0 Å². The summed E-state index contributed by atoms with van der Waals surface area (Å²) in [5.74, 6) is -0.432. The van der Waals surface area contributed by atoms with Gasteiger partial charge in [0, 0.05) is 17.5 Å². The van der Waals surface area contributed by atoms with Crippen LogP contribution >= 0.6 is 11.3 Å². The molecule has 0 bridgehead atoms. The summed E-state index contributed by atoms with van der Waals surface area (Å²) in [7, 11) is 0. The fourth-order valence-corrected chi connectivity index (χ4v) is 3.31. The molecule has 4 nitrogen and oxygen atoms in total. The number of nitrogens with zero attached hydrogens (tertiary/aromatic N) is 2. The van der Waals surface area contributed by atoms with Crippen LogP contribution in [0.4, 0.5) is 0 Å². The number of carbonyl (C=O) groups is 1. The second-order valence-corrected chi connectivity index (χ2v) is 6.46. The topological polar surface area (TPSA) is 55.1 Å². The largest absolute Gasteiger partial charge is 0.477 e. The van der Waals surface area contributed by atoms with Gasteiger partial charge in [-0.1, -0.05) is 44.2 Å². The standard InChI is InChI=1S/C16H16N2O2S/c1-10(2)9-18-15-12(8-13(21-15)16(19)20)14(17-18)11-6-4-3-5-7-11/h3-8,10H,9H2,1-2H3,(H,19,20). The van der Waals surface area contributed by atoms with Gasteiger partial charge in [-0.25, -0.2) is 4.79 Å². The lowest BCUT2D eigenvalue weighted by atomic mass is 10.1. The SMILES string of the molecule is CC(C)Cn1nc(-c2ccccc2)c2cc(C(=O)O)sc21. The monoisotopic (exact) mass is 300 g/mol. The van der Waals surface area contributed by atoms with Crippen LogP contribution in [0, 0.1) is 5.92 Å². The van der Waals surface area contributed by atoms with Gasteiger partial charge in [0.05, 0.1) is 0 Å². The quantitative estimate of drug-likeness (QED) is 0.788. The van der Waals surface area contributed by atoms with E-state index in [-0.39, 0.29) is 0 Å². The van der Waals surface area contributed by atoms with Crippen LogP contribution in [0.15, 0.2) is 36.4 Å². The third-order valence-corrected chi connectivity index (χ3v) is 4.36. The second kappa shape index (κ2) is 5.33. The Morgan fingerprint density at radius 1 is 1.33 bits per heavy atom. The summed E-state index contributed by atoms with van der Waals surface area (Å²) in [4.78, 5) is 12.5. The van der Waals surface area contributed by atoms with E-state index in [1.165, 1.54) is 11.3 Å². The molecule has 0 fully saturated rings. The van der Waals surface area contributed by atoms with E-state index in [4.69, 9.17) is 5.10 Å². The van der Waals surface area contributed by atoms with Crippen LogP contribution in [0.25, 0.3) is 21.5 Å². The first kappa shape index (κ1) is 13.8. The zero-order valence-electron chi connectivity index (χ0n) is 11.9. The number of fused-ring (bicyclic) bond motifs is 1. The lowest BCUT2D eigenvalue weighted by Crippen LogP contribution is -2.05. The third kappa shape index (κ3) is 2.56. The van der Waals surface area contributed by atoms with Crippen LogP contribution < -0.4 is 0 Å². The molecule has 0 saturated carbocycles. The molecule has 21 heavy (non-hydrogen) atoms. The van der Waals surface area contributed by atoms with Gasteiger partial charge in [0.1, 0.15) is 15.4 Å². The summed E-state index contributed by atoms with van der Waals surface area (Å²) in [6.07, 6.45) is 0. The Bertz CT molecular complexity index is 787. The summed E-state index contributed by atoms with van der Waals surface area (Å²) in [5, 5.41) is 14.8. The van der Waals surface area contributed by atoms with Gasteiger partial charge < -0.3 is 5.11 Å². The van der Waals surface area contributed by atoms with Crippen molar-refractivity contribution >= 4 is 27.5 Å². The van der Waals surface area contributed by atoms with Gasteiger partial charge in [-0.3, -0.25) is 4.68 Å². The van der Waals surface area contributed by atoms with Gasteiger partial charge >= 0.3 is 5.97 Å². The van der Waals surface area contributed by atoms with E-state index in [2.05, 4.69) is 13.8 Å². The fraction of sp³-hybridized carbons (Fsp3) is 0.250. The van der Waals surface area contributed by atoms with E-state index in [0.717, 1.165) is 28.0 Å². The van der Waals surface area contributed by atoms with E-state index in [1.807, 2.05) is 35.0 Å². The third-order valence-electron chi connectivity index (χ3n) is 3.22. The number of rotatable bonds is 4. The maximum absolute atomic E-state index is 11.2. The molecule has 3 aromatic rings. The zero-order valence-corrected chi connectivity index (χ0v) is 12.7. The molecule has 0 aliphatic carbocycles. The molecule has 108 valence electrons. The van der Waals surface area contributed by atoms with Crippen molar-refractivity contribution in [3.8, 4) is 11.3 Å². The number of aromatic carboxylic acids is 1. The van der Waals surface area contributed by atoms with Gasteiger partial charge in [0.2, 0.25) is 0 Å². The van der Waals surface area contributed by atoms with Crippen LogP contribution in [0.1, 0.15) is 23.5 Å². The second-order valence-electron chi connectivity index (χ2n) is 5.43. The van der Waals surface area contributed by atoms with Gasteiger partial charge in [0.25, 0.3) is 0 Å². The minimum atomic E-state index is -0.883. The van der Waals surface area contributed by atoms with Crippen molar-refractivity contribution < 1.29 is 9.90 Å². The number of hydrogen-bond donors (Lipinski definition) is 1. The molecule has 0 atom stereocenters. The Morgan fingerprint density at radius 2 is 2.05 bits per heavy atom. The molecule has 0 aliphatic heterocycles. The summed E-state index contributed by atoms with van der Waals surface area (Å²) < 4.78 is 1.93. The molecular formula is C16H16N2O2S. The van der Waals surface area contributed by atoms with Crippen LogP contribution in [0.5, 0.6) is 0 Å². The van der Waals surface area contributed by atoms with Crippen molar-refractivity contribution in [1.29, 1.82) is 0 Å². The molecule has 2 aromatic heterocycles. The predicted octanol–water partition coefficient (Wildman–Crippen LogP) is 4.12. The Hall–Kier alpha value is -2.14. The lowest BCUT2D eigenvalue weighted by molar-refractivity contribution is 0.0702. The Kier molecular flexibility index (Phi) is 3.51. The highest BCUT2D eigenvalue weighted by Gasteiger charge is 2.18. The lowest BCUT2D eigenvalue weighted by Gasteiger charge is -2.05. The van der Waals surface area contributed by atoms with Gasteiger partial charge in [-0.2, -0.15) is 5.10 Å². The number of hydrogen-bond acceptors (Lipinski definition) is 3. The van der Waals surface area contributed by atoms with Gasteiger partial charge in [-0.05, 0) is 12.0 Å². The molecule has 3 rings (SSSR count). The molecule has 0 saturated heterocycles. The molecule has 0 aliphatic rings. The van der Waals surface area contributed by atoms with Crippen molar-refractivity contribution in [2.24, 2.45) is 5.92 Å². The maximum atomic E-state index is 11.2. The minimum absolute atomic E-state index is 0.358. The smallest absolute Gasteiger partial charge is 0.345 e. The summed E-state index contributed by atoms with van der Waals surface area (Å²) in [6.45, 7) is 5.03. The van der Waals surface area contributed by atoms with E-state index >= 15 is 0 Å². The summed E-state index contributed by atoms with van der Waals surface area (Å²) in [5.41, 5.74) is 1.87. The Morgan fingerprint density at radius 3 is 2.67 bits per heavy atom. The number of carboxylic acids is 1. The van der Waals surface area contributed by atoms with E-state index in [1.54, 1.807) is 6.07 Å². The van der Waals surface area contributed by atoms with Crippen LogP contribution in [-0.2, 0) is 6.54 Å². The summed E-state index contributed by atoms with van der Waals surface area (Å²) >= 11 is 1.29. The van der Waals surface area contributed by atoms with Crippen molar-refractivity contribution in [1.82, 2.24) is 9.78 Å². The molecule has 2 heterocycles. The van der Waals surface area contributed by atoms with Crippen molar-refractivity contribution in [3.63, 3.8) is 0 Å². The highest BCUT2D eigenvalue weighted by atomic mass is 32.1. The normalized spacial score (nSPS) is 11.4. The molecule has 0 radical (unpaired) electrons. The van der Waals surface area contributed by atoms with Crippen LogP contribution in [-0.4, -0.2) is 20.9 Å². The number of aromatic nitrogens is 2. The Balaban J connectivity index is 2.21. The maximum Gasteiger partial charge on any atom is 0.345 e. The Labute approximate surface area is 126 Å². The fourth-order valence-electron chi connectivity index (χ4n) is 2.35. The van der Waals surface area contributed by atoms with E-state index in [9.17, 15) is 9.90 Å². The molecule has 0 unspecified atom stereocenters. The average molecular weight is 300 g/mol. The van der Waals surface area contributed by atoms with E-state index in [0.29, 0.717) is 10.8 Å². The van der Waals surface area contributed by atoms with Crippen molar-refractivity contribution in [2.75, 3.05) is 0 Å². The first-order valence-electron chi connectivity index (χ1n) is 6.85.